The van der Waals surface area contributed by atoms with E-state index in [0.29, 0.717) is 17.9 Å². The number of fused-ring (bicyclic) bond motifs is 1. The van der Waals surface area contributed by atoms with Crippen molar-refractivity contribution in [3.05, 3.63) is 29.3 Å². The lowest BCUT2D eigenvalue weighted by atomic mass is 9.68. The molecule has 78 valence electrons. The molecule has 2 aromatic heterocycles. The molecule has 1 saturated carbocycles. The largest absolute Gasteiger partial charge is 0.327 e. The van der Waals surface area contributed by atoms with Crippen LogP contribution in [0.15, 0.2) is 23.7 Å². The Kier molecular flexibility index (Phi) is 2.04. The maximum absolute atomic E-state index is 5.92. The molecule has 3 heteroatoms. The Labute approximate surface area is 93.1 Å². The van der Waals surface area contributed by atoms with Crippen LogP contribution in [0.4, 0.5) is 0 Å². The first-order valence-electron chi connectivity index (χ1n) is 5.34. The SMILES string of the molecule is CC1C(N)CC1c1cnc2ccsc2c1. The fourth-order valence-electron chi connectivity index (χ4n) is 2.33. The Hall–Kier alpha value is -0.930. The lowest BCUT2D eigenvalue weighted by Gasteiger charge is -2.40. The molecule has 1 aliphatic rings. The Morgan fingerprint density at radius 1 is 1.53 bits per heavy atom. The molecular weight excluding hydrogens is 204 g/mol. The zero-order valence-electron chi connectivity index (χ0n) is 8.68. The van der Waals surface area contributed by atoms with E-state index in [2.05, 4.69) is 29.4 Å². The number of nitrogens with zero attached hydrogens (tertiary/aromatic N) is 1. The Balaban J connectivity index is 1.98. The molecule has 2 heterocycles. The van der Waals surface area contributed by atoms with Gasteiger partial charge >= 0.3 is 0 Å². The average Bonchev–Trinajstić information content (AvgIpc) is 2.72. The van der Waals surface area contributed by atoms with Gasteiger partial charge in [-0.15, -0.1) is 11.3 Å². The summed E-state index contributed by atoms with van der Waals surface area (Å²) < 4.78 is 1.29. The van der Waals surface area contributed by atoms with Crippen LogP contribution in [0.3, 0.4) is 0 Å². The zero-order chi connectivity index (χ0) is 10.4. The van der Waals surface area contributed by atoms with Crippen LogP contribution >= 0.6 is 11.3 Å². The maximum atomic E-state index is 5.92. The van der Waals surface area contributed by atoms with E-state index in [4.69, 9.17) is 5.73 Å². The van der Waals surface area contributed by atoms with E-state index in [0.717, 1.165) is 11.9 Å². The van der Waals surface area contributed by atoms with Gasteiger partial charge in [-0.25, -0.2) is 0 Å². The van der Waals surface area contributed by atoms with Gasteiger partial charge in [-0.05, 0) is 41.3 Å². The highest BCUT2D eigenvalue weighted by molar-refractivity contribution is 7.17. The summed E-state index contributed by atoms with van der Waals surface area (Å²) >= 11 is 1.76. The third-order valence-corrected chi connectivity index (χ3v) is 4.44. The fourth-order valence-corrected chi connectivity index (χ4v) is 3.12. The second-order valence-electron chi connectivity index (χ2n) is 4.44. The molecule has 0 bridgehead atoms. The van der Waals surface area contributed by atoms with E-state index in [9.17, 15) is 0 Å². The van der Waals surface area contributed by atoms with Gasteiger partial charge in [0.05, 0.1) is 10.2 Å². The molecule has 0 spiro atoms. The zero-order valence-corrected chi connectivity index (χ0v) is 9.50. The summed E-state index contributed by atoms with van der Waals surface area (Å²) in [6, 6.07) is 4.73. The second-order valence-corrected chi connectivity index (χ2v) is 5.39. The van der Waals surface area contributed by atoms with Crippen LogP contribution in [-0.2, 0) is 0 Å². The van der Waals surface area contributed by atoms with Crippen molar-refractivity contribution in [2.24, 2.45) is 11.7 Å². The van der Waals surface area contributed by atoms with Crippen LogP contribution in [0.5, 0.6) is 0 Å². The number of hydrogen-bond acceptors (Lipinski definition) is 3. The summed E-state index contributed by atoms with van der Waals surface area (Å²) in [7, 11) is 0. The molecular formula is C12H14N2S. The molecule has 3 rings (SSSR count). The molecule has 0 saturated heterocycles. The van der Waals surface area contributed by atoms with E-state index in [1.54, 1.807) is 11.3 Å². The van der Waals surface area contributed by atoms with Gasteiger partial charge in [0.25, 0.3) is 0 Å². The van der Waals surface area contributed by atoms with Gasteiger partial charge in [0.2, 0.25) is 0 Å². The minimum Gasteiger partial charge on any atom is -0.327 e. The molecule has 3 atom stereocenters. The van der Waals surface area contributed by atoms with Crippen molar-refractivity contribution in [1.29, 1.82) is 0 Å². The van der Waals surface area contributed by atoms with E-state index in [1.165, 1.54) is 10.3 Å². The minimum absolute atomic E-state index is 0.383. The van der Waals surface area contributed by atoms with Gasteiger partial charge in [-0.3, -0.25) is 4.98 Å². The molecule has 2 nitrogen and oxygen atoms in total. The third kappa shape index (κ3) is 1.38. The maximum Gasteiger partial charge on any atom is 0.0809 e. The molecule has 2 N–H and O–H groups in total. The summed E-state index contributed by atoms with van der Waals surface area (Å²) in [5.41, 5.74) is 8.40. The predicted octanol–water partition coefficient (Wildman–Crippen LogP) is 2.75. The Bertz CT molecular complexity index is 491. The average molecular weight is 218 g/mol. The topological polar surface area (TPSA) is 38.9 Å². The van der Waals surface area contributed by atoms with Gasteiger partial charge in [0.1, 0.15) is 0 Å². The highest BCUT2D eigenvalue weighted by Crippen LogP contribution is 2.41. The number of aromatic nitrogens is 1. The number of rotatable bonds is 1. The molecule has 15 heavy (non-hydrogen) atoms. The first kappa shape index (κ1) is 9.31. The van der Waals surface area contributed by atoms with Gasteiger partial charge in [-0.1, -0.05) is 6.92 Å². The highest BCUT2D eigenvalue weighted by atomic mass is 32.1. The Morgan fingerprint density at radius 3 is 3.13 bits per heavy atom. The first-order valence-corrected chi connectivity index (χ1v) is 6.22. The summed E-state index contributed by atoms with van der Waals surface area (Å²) in [6.45, 7) is 2.23. The van der Waals surface area contributed by atoms with E-state index in [1.807, 2.05) is 6.20 Å². The van der Waals surface area contributed by atoms with Crippen LogP contribution in [0.25, 0.3) is 10.2 Å². The minimum atomic E-state index is 0.383. The smallest absolute Gasteiger partial charge is 0.0809 e. The lowest BCUT2D eigenvalue weighted by molar-refractivity contribution is 0.226. The molecule has 0 aromatic carbocycles. The van der Waals surface area contributed by atoms with Crippen molar-refractivity contribution in [1.82, 2.24) is 4.98 Å². The quantitative estimate of drug-likeness (QED) is 0.799. The Morgan fingerprint density at radius 2 is 2.40 bits per heavy atom. The number of thiophene rings is 1. The van der Waals surface area contributed by atoms with Crippen LogP contribution in [-0.4, -0.2) is 11.0 Å². The number of hydrogen-bond donors (Lipinski definition) is 1. The van der Waals surface area contributed by atoms with Crippen molar-refractivity contribution in [2.75, 3.05) is 0 Å². The summed E-state index contributed by atoms with van der Waals surface area (Å²) in [5, 5.41) is 2.09. The van der Waals surface area contributed by atoms with Crippen molar-refractivity contribution >= 4 is 21.6 Å². The molecule has 0 amide bonds. The molecule has 0 aliphatic heterocycles. The summed E-state index contributed by atoms with van der Waals surface area (Å²) in [4.78, 5) is 4.47. The third-order valence-electron chi connectivity index (χ3n) is 3.59. The van der Waals surface area contributed by atoms with Gasteiger partial charge in [0, 0.05) is 12.2 Å². The van der Waals surface area contributed by atoms with Crippen molar-refractivity contribution in [3.63, 3.8) is 0 Å². The monoisotopic (exact) mass is 218 g/mol. The van der Waals surface area contributed by atoms with Crippen molar-refractivity contribution < 1.29 is 0 Å². The van der Waals surface area contributed by atoms with Crippen LogP contribution in [0, 0.1) is 5.92 Å². The van der Waals surface area contributed by atoms with E-state index >= 15 is 0 Å². The van der Waals surface area contributed by atoms with E-state index < -0.39 is 0 Å². The van der Waals surface area contributed by atoms with Crippen LogP contribution < -0.4 is 5.73 Å². The van der Waals surface area contributed by atoms with Crippen molar-refractivity contribution in [3.8, 4) is 0 Å². The molecule has 3 unspecified atom stereocenters. The first-order chi connectivity index (χ1) is 7.25. The fraction of sp³-hybridized carbons (Fsp3) is 0.417. The molecule has 1 aliphatic carbocycles. The van der Waals surface area contributed by atoms with Crippen molar-refractivity contribution in [2.45, 2.75) is 25.3 Å². The summed E-state index contributed by atoms with van der Waals surface area (Å²) in [6.07, 6.45) is 3.13. The highest BCUT2D eigenvalue weighted by Gasteiger charge is 2.36. The van der Waals surface area contributed by atoms with Gasteiger partial charge in [-0.2, -0.15) is 0 Å². The number of nitrogens with two attached hydrogens (primary N) is 1. The lowest BCUT2D eigenvalue weighted by Crippen LogP contribution is -2.44. The van der Waals surface area contributed by atoms with Gasteiger partial charge < -0.3 is 5.73 Å². The molecule has 2 aromatic rings. The van der Waals surface area contributed by atoms with E-state index in [-0.39, 0.29) is 0 Å². The molecule has 0 radical (unpaired) electrons. The molecule has 1 fully saturated rings. The normalized spacial score (nSPS) is 30.4. The van der Waals surface area contributed by atoms with Crippen LogP contribution in [0.2, 0.25) is 0 Å². The second kappa shape index (κ2) is 3.29. The van der Waals surface area contributed by atoms with Gasteiger partial charge in [0.15, 0.2) is 0 Å². The summed E-state index contributed by atoms with van der Waals surface area (Å²) in [5.74, 6) is 1.23. The standard InChI is InChI=1S/C12H14N2S/c1-7-9(5-10(7)13)8-4-12-11(14-6-8)2-3-15-12/h2-4,6-7,9-10H,5,13H2,1H3. The number of pyridine rings is 1. The van der Waals surface area contributed by atoms with Crippen LogP contribution in [0.1, 0.15) is 24.8 Å². The predicted molar refractivity (Wildman–Crippen MR) is 64.1 cm³/mol.